The van der Waals surface area contributed by atoms with E-state index in [-0.39, 0.29) is 31.0 Å². The van der Waals surface area contributed by atoms with Crippen molar-refractivity contribution in [3.05, 3.63) is 0 Å². The molecule has 1 aliphatic heterocycles. The number of nitrogens with one attached hydrogen (secondary N) is 1. The zero-order valence-electron chi connectivity index (χ0n) is 14.5. The summed E-state index contributed by atoms with van der Waals surface area (Å²) in [6.45, 7) is 3.52. The van der Waals surface area contributed by atoms with Gasteiger partial charge in [0.2, 0.25) is 5.91 Å². The number of nitrogens with zero attached hydrogens (tertiary/aromatic N) is 2. The highest BCUT2D eigenvalue weighted by Gasteiger charge is 2.45. The van der Waals surface area contributed by atoms with Crippen LogP contribution in [-0.4, -0.2) is 52.7 Å². The summed E-state index contributed by atoms with van der Waals surface area (Å²) in [5, 5.41) is 2.91. The molecule has 1 heterocycles. The lowest BCUT2D eigenvalue weighted by molar-refractivity contribution is -0.144. The fraction of sp³-hybridized carbons (Fsp3) is 0.765. The lowest BCUT2D eigenvalue weighted by Crippen LogP contribution is -2.45. The zero-order chi connectivity index (χ0) is 17.7. The summed E-state index contributed by atoms with van der Waals surface area (Å²) in [5.74, 6) is -2.06. The van der Waals surface area contributed by atoms with Crippen molar-refractivity contribution in [2.24, 2.45) is 5.92 Å². The second-order valence-electron chi connectivity index (χ2n) is 7.09. The fourth-order valence-corrected chi connectivity index (χ4v) is 3.23. The summed E-state index contributed by atoms with van der Waals surface area (Å²) in [6, 6.07) is -0.598. The van der Waals surface area contributed by atoms with Crippen molar-refractivity contribution in [1.29, 1.82) is 0 Å². The van der Waals surface area contributed by atoms with Crippen molar-refractivity contribution < 1.29 is 19.2 Å². The Hall–Kier alpha value is -1.92. The Morgan fingerprint density at radius 2 is 1.54 bits per heavy atom. The highest BCUT2D eigenvalue weighted by Crippen LogP contribution is 2.18. The minimum atomic E-state index is -0.909. The van der Waals surface area contributed by atoms with Gasteiger partial charge < -0.3 is 5.32 Å². The van der Waals surface area contributed by atoms with E-state index >= 15 is 0 Å². The maximum Gasteiger partial charge on any atom is 0.334 e. The minimum Gasteiger partial charge on any atom is -0.352 e. The lowest BCUT2D eigenvalue weighted by Gasteiger charge is -2.22. The van der Waals surface area contributed by atoms with Crippen LogP contribution in [0.25, 0.3) is 0 Å². The molecule has 0 atom stereocenters. The molecule has 1 saturated heterocycles. The highest BCUT2D eigenvalue weighted by atomic mass is 16.2. The summed E-state index contributed by atoms with van der Waals surface area (Å²) < 4.78 is 0. The van der Waals surface area contributed by atoms with Crippen molar-refractivity contribution in [2.75, 3.05) is 13.1 Å². The number of hydrogen-bond acceptors (Lipinski definition) is 4. The molecule has 1 N–H and O–H groups in total. The van der Waals surface area contributed by atoms with Gasteiger partial charge in [0.05, 0.1) is 0 Å². The first-order chi connectivity index (χ1) is 11.4. The molecule has 1 saturated carbocycles. The molecule has 2 aliphatic rings. The molecule has 0 spiro atoms. The zero-order valence-corrected chi connectivity index (χ0v) is 14.5. The van der Waals surface area contributed by atoms with E-state index in [1.165, 1.54) is 19.3 Å². The predicted molar refractivity (Wildman–Crippen MR) is 87.9 cm³/mol. The van der Waals surface area contributed by atoms with Gasteiger partial charge in [0, 0.05) is 12.6 Å². The van der Waals surface area contributed by atoms with E-state index in [1.54, 1.807) is 0 Å². The molecular weight excluding hydrogens is 310 g/mol. The Labute approximate surface area is 142 Å². The Kier molecular flexibility index (Phi) is 6.34. The van der Waals surface area contributed by atoms with Crippen LogP contribution in [0.5, 0.6) is 0 Å². The molecule has 2 rings (SSSR count). The molecule has 7 heteroatoms. The van der Waals surface area contributed by atoms with Gasteiger partial charge in [-0.25, -0.2) is 9.69 Å². The number of amides is 5. The summed E-state index contributed by atoms with van der Waals surface area (Å²) in [6.07, 6.45) is 7.59. The van der Waals surface area contributed by atoms with E-state index in [9.17, 15) is 19.2 Å². The smallest absolute Gasteiger partial charge is 0.334 e. The first-order valence-corrected chi connectivity index (χ1v) is 8.87. The van der Waals surface area contributed by atoms with Crippen LogP contribution in [0.15, 0.2) is 0 Å². The normalized spacial score (nSPS) is 20.5. The van der Waals surface area contributed by atoms with Crippen LogP contribution in [0.4, 0.5) is 4.79 Å². The van der Waals surface area contributed by atoms with Crippen molar-refractivity contribution >= 4 is 23.8 Å². The van der Waals surface area contributed by atoms with Crippen molar-refractivity contribution in [3.8, 4) is 0 Å². The van der Waals surface area contributed by atoms with Gasteiger partial charge in [-0.2, -0.15) is 0 Å². The number of hydrogen-bond donors (Lipinski definition) is 1. The van der Waals surface area contributed by atoms with Crippen LogP contribution in [-0.2, 0) is 14.4 Å². The van der Waals surface area contributed by atoms with Gasteiger partial charge >= 0.3 is 17.8 Å². The number of rotatable bonds is 5. The topological polar surface area (TPSA) is 86.8 Å². The van der Waals surface area contributed by atoms with E-state index in [0.717, 1.165) is 35.5 Å². The molecular formula is C17H27N3O4. The molecule has 0 radical (unpaired) electrons. The van der Waals surface area contributed by atoms with E-state index in [4.69, 9.17) is 0 Å². The maximum absolute atomic E-state index is 12.2. The molecule has 0 bridgehead atoms. The number of carbonyl (C=O) groups is 4. The monoisotopic (exact) mass is 337 g/mol. The Morgan fingerprint density at radius 3 is 2.12 bits per heavy atom. The first-order valence-electron chi connectivity index (χ1n) is 8.87. The average molecular weight is 337 g/mol. The van der Waals surface area contributed by atoms with Crippen LogP contribution >= 0.6 is 0 Å². The van der Waals surface area contributed by atoms with Crippen LogP contribution in [0.2, 0.25) is 0 Å². The molecule has 7 nitrogen and oxygen atoms in total. The molecule has 0 aromatic heterocycles. The molecule has 0 unspecified atom stereocenters. The van der Waals surface area contributed by atoms with Crippen LogP contribution in [0.3, 0.4) is 0 Å². The quantitative estimate of drug-likeness (QED) is 0.610. The van der Waals surface area contributed by atoms with Crippen molar-refractivity contribution in [1.82, 2.24) is 15.1 Å². The number of carbonyl (C=O) groups excluding carboxylic acids is 4. The Balaban J connectivity index is 1.91. The molecule has 24 heavy (non-hydrogen) atoms. The highest BCUT2D eigenvalue weighted by molar-refractivity contribution is 6.45. The van der Waals surface area contributed by atoms with Crippen LogP contribution in [0.1, 0.15) is 58.8 Å². The third kappa shape index (κ3) is 4.55. The van der Waals surface area contributed by atoms with Gasteiger partial charge in [-0.05, 0) is 18.8 Å². The molecule has 0 aromatic rings. The molecule has 134 valence electrons. The molecule has 0 aromatic carbocycles. The summed E-state index contributed by atoms with van der Waals surface area (Å²) in [5.41, 5.74) is 0. The largest absolute Gasteiger partial charge is 0.352 e. The molecule has 1 aliphatic carbocycles. The predicted octanol–water partition coefficient (Wildman–Crippen LogP) is 1.66. The fourth-order valence-electron chi connectivity index (χ4n) is 3.23. The van der Waals surface area contributed by atoms with E-state index < -0.39 is 17.8 Å². The standard InChI is InChI=1S/C17H27N3O4/c1-12(2)10-19-15(22)16(23)20(17(19)24)11-14(21)18-13-8-6-4-3-5-7-9-13/h12-13H,3-11H2,1-2H3,(H,18,21). The van der Waals surface area contributed by atoms with Gasteiger partial charge in [-0.3, -0.25) is 19.3 Å². The second kappa shape index (κ2) is 8.26. The van der Waals surface area contributed by atoms with Crippen molar-refractivity contribution in [3.63, 3.8) is 0 Å². The van der Waals surface area contributed by atoms with Crippen LogP contribution in [0, 0.1) is 5.92 Å². The molecule has 2 fully saturated rings. The first kappa shape index (κ1) is 18.4. The number of urea groups is 1. The maximum atomic E-state index is 12.2. The summed E-state index contributed by atoms with van der Waals surface area (Å²) in [4.78, 5) is 50.0. The minimum absolute atomic E-state index is 0.0643. The number of imide groups is 2. The Bertz CT molecular complexity index is 510. The second-order valence-corrected chi connectivity index (χ2v) is 7.09. The van der Waals surface area contributed by atoms with Gasteiger partial charge in [0.25, 0.3) is 0 Å². The van der Waals surface area contributed by atoms with Gasteiger partial charge in [0.1, 0.15) is 6.54 Å². The van der Waals surface area contributed by atoms with E-state index in [0.29, 0.717) is 0 Å². The Morgan fingerprint density at radius 1 is 1.00 bits per heavy atom. The summed E-state index contributed by atoms with van der Waals surface area (Å²) >= 11 is 0. The summed E-state index contributed by atoms with van der Waals surface area (Å²) in [7, 11) is 0. The SMILES string of the molecule is CC(C)CN1C(=O)C(=O)N(CC(=O)NC2CCCCCCC2)C1=O. The van der Waals surface area contributed by atoms with Gasteiger partial charge in [0.15, 0.2) is 0 Å². The lowest BCUT2D eigenvalue weighted by atomic mass is 9.97. The third-order valence-electron chi connectivity index (χ3n) is 4.45. The van der Waals surface area contributed by atoms with E-state index in [2.05, 4.69) is 5.32 Å². The van der Waals surface area contributed by atoms with Gasteiger partial charge in [-0.1, -0.05) is 46.0 Å². The van der Waals surface area contributed by atoms with E-state index in [1.807, 2.05) is 13.8 Å². The average Bonchev–Trinajstić information content (AvgIpc) is 2.67. The van der Waals surface area contributed by atoms with Crippen molar-refractivity contribution in [2.45, 2.75) is 64.8 Å². The van der Waals surface area contributed by atoms with Crippen LogP contribution < -0.4 is 5.32 Å². The van der Waals surface area contributed by atoms with Gasteiger partial charge in [-0.15, -0.1) is 0 Å². The third-order valence-corrected chi connectivity index (χ3v) is 4.45. The molecule has 5 amide bonds.